The fraction of sp³-hybridized carbons (Fsp3) is 0.308. The number of hydrogen-bond donors (Lipinski definition) is 1. The second-order valence-electron chi connectivity index (χ2n) is 4.17. The summed E-state index contributed by atoms with van der Waals surface area (Å²) in [6.07, 6.45) is 0.619. The maximum atomic E-state index is 10.6. The topological polar surface area (TPSA) is 77.2 Å². The molecule has 2 aromatic rings. The lowest BCUT2D eigenvalue weighted by Gasteiger charge is -2.05. The summed E-state index contributed by atoms with van der Waals surface area (Å²) in [5.74, 6) is 0.689. The zero-order valence-corrected chi connectivity index (χ0v) is 12.1. The van der Waals surface area contributed by atoms with E-state index < -0.39 is 5.97 Å². The number of carboxylic acids is 1. The molecule has 0 aliphatic heterocycles. The predicted molar refractivity (Wildman–Crippen MR) is 75.2 cm³/mol. The van der Waals surface area contributed by atoms with Gasteiger partial charge < -0.3 is 14.4 Å². The molecule has 1 aromatic carbocycles. The SMILES string of the molecule is COc1cccc(Cc2nnc(SCC(=O)O)n2C)c1. The Hall–Kier alpha value is -2.02. The minimum absolute atomic E-state index is 0.0227. The summed E-state index contributed by atoms with van der Waals surface area (Å²) in [7, 11) is 3.46. The first-order chi connectivity index (χ1) is 9.60. The van der Waals surface area contributed by atoms with Crippen LogP contribution in [0, 0.1) is 0 Å². The molecule has 0 spiro atoms. The zero-order chi connectivity index (χ0) is 14.5. The van der Waals surface area contributed by atoms with E-state index in [-0.39, 0.29) is 5.75 Å². The molecule has 20 heavy (non-hydrogen) atoms. The Bertz CT molecular complexity index is 613. The number of thioether (sulfide) groups is 1. The maximum absolute atomic E-state index is 10.6. The van der Waals surface area contributed by atoms with Gasteiger partial charge in [0.15, 0.2) is 5.16 Å². The molecule has 106 valence electrons. The molecular formula is C13H15N3O3S. The average molecular weight is 293 g/mol. The van der Waals surface area contributed by atoms with Crippen LogP contribution in [0.2, 0.25) is 0 Å². The summed E-state index contributed by atoms with van der Waals surface area (Å²) in [5.41, 5.74) is 1.06. The van der Waals surface area contributed by atoms with Crippen molar-refractivity contribution in [2.75, 3.05) is 12.9 Å². The van der Waals surface area contributed by atoms with Crippen LogP contribution >= 0.6 is 11.8 Å². The van der Waals surface area contributed by atoms with Gasteiger partial charge in [-0.25, -0.2) is 0 Å². The lowest BCUT2D eigenvalue weighted by Crippen LogP contribution is -2.03. The molecular weight excluding hydrogens is 278 g/mol. The fourth-order valence-electron chi connectivity index (χ4n) is 1.72. The molecule has 1 aromatic heterocycles. The number of ether oxygens (including phenoxy) is 1. The van der Waals surface area contributed by atoms with Crippen molar-refractivity contribution in [3.8, 4) is 5.75 Å². The molecule has 0 saturated carbocycles. The summed E-state index contributed by atoms with van der Waals surface area (Å²) in [6, 6.07) is 7.74. The Kier molecular flexibility index (Phi) is 4.62. The van der Waals surface area contributed by atoms with E-state index in [0.717, 1.165) is 28.9 Å². The number of carboxylic acid groups (broad SMARTS) is 1. The van der Waals surface area contributed by atoms with Gasteiger partial charge in [0.2, 0.25) is 0 Å². The maximum Gasteiger partial charge on any atom is 0.313 e. The third-order valence-corrected chi connectivity index (χ3v) is 3.75. The molecule has 0 radical (unpaired) electrons. The Labute approximate surface area is 120 Å². The van der Waals surface area contributed by atoms with Gasteiger partial charge in [-0.05, 0) is 17.7 Å². The van der Waals surface area contributed by atoms with E-state index in [9.17, 15) is 4.79 Å². The van der Waals surface area contributed by atoms with Crippen molar-refractivity contribution >= 4 is 17.7 Å². The number of benzene rings is 1. The Balaban J connectivity index is 2.11. The predicted octanol–water partition coefficient (Wildman–Crippen LogP) is 1.59. The quantitative estimate of drug-likeness (QED) is 0.815. The zero-order valence-electron chi connectivity index (χ0n) is 11.2. The summed E-state index contributed by atoms with van der Waals surface area (Å²) in [6.45, 7) is 0. The van der Waals surface area contributed by atoms with Crippen molar-refractivity contribution < 1.29 is 14.6 Å². The van der Waals surface area contributed by atoms with Crippen LogP contribution in [-0.4, -0.2) is 38.7 Å². The lowest BCUT2D eigenvalue weighted by atomic mass is 10.1. The Morgan fingerprint density at radius 2 is 2.25 bits per heavy atom. The average Bonchev–Trinajstić information content (AvgIpc) is 2.78. The number of carbonyl (C=O) groups is 1. The van der Waals surface area contributed by atoms with Crippen LogP contribution in [0.5, 0.6) is 5.75 Å². The number of aromatic nitrogens is 3. The number of nitrogens with zero attached hydrogens (tertiary/aromatic N) is 3. The standard InChI is InChI=1S/C13H15N3O3S/c1-16-11(14-15-13(16)20-8-12(17)18)7-9-4-3-5-10(6-9)19-2/h3-6H,7-8H2,1-2H3,(H,17,18). The lowest BCUT2D eigenvalue weighted by molar-refractivity contribution is -0.133. The second-order valence-corrected chi connectivity index (χ2v) is 5.11. The van der Waals surface area contributed by atoms with E-state index in [1.54, 1.807) is 7.11 Å². The van der Waals surface area contributed by atoms with E-state index in [4.69, 9.17) is 9.84 Å². The van der Waals surface area contributed by atoms with Gasteiger partial charge in [0.05, 0.1) is 12.9 Å². The van der Waals surface area contributed by atoms with Crippen LogP contribution in [-0.2, 0) is 18.3 Å². The Morgan fingerprint density at radius 1 is 1.45 bits per heavy atom. The molecule has 0 unspecified atom stereocenters. The summed E-state index contributed by atoms with van der Waals surface area (Å²) in [5, 5.41) is 17.4. The minimum Gasteiger partial charge on any atom is -0.497 e. The first-order valence-electron chi connectivity index (χ1n) is 5.96. The van der Waals surface area contributed by atoms with E-state index in [1.807, 2.05) is 35.9 Å². The molecule has 0 amide bonds. The van der Waals surface area contributed by atoms with Gasteiger partial charge in [-0.2, -0.15) is 0 Å². The number of rotatable bonds is 6. The highest BCUT2D eigenvalue weighted by atomic mass is 32.2. The summed E-state index contributed by atoms with van der Waals surface area (Å²) < 4.78 is 6.99. The second kappa shape index (κ2) is 6.42. The summed E-state index contributed by atoms with van der Waals surface area (Å²) >= 11 is 1.16. The van der Waals surface area contributed by atoms with Crippen LogP contribution in [0.3, 0.4) is 0 Å². The molecule has 0 fully saturated rings. The van der Waals surface area contributed by atoms with Crippen molar-refractivity contribution in [3.05, 3.63) is 35.7 Å². The monoisotopic (exact) mass is 293 g/mol. The fourth-order valence-corrected chi connectivity index (χ4v) is 2.37. The molecule has 0 aliphatic carbocycles. The van der Waals surface area contributed by atoms with Crippen LogP contribution in [0.4, 0.5) is 0 Å². The van der Waals surface area contributed by atoms with Crippen LogP contribution in [0.15, 0.2) is 29.4 Å². The van der Waals surface area contributed by atoms with Crippen molar-refractivity contribution in [2.24, 2.45) is 7.05 Å². The van der Waals surface area contributed by atoms with Gasteiger partial charge in [-0.3, -0.25) is 4.79 Å². The smallest absolute Gasteiger partial charge is 0.313 e. The molecule has 0 atom stereocenters. The third-order valence-electron chi connectivity index (χ3n) is 2.75. The van der Waals surface area contributed by atoms with Crippen LogP contribution in [0.1, 0.15) is 11.4 Å². The van der Waals surface area contributed by atoms with Gasteiger partial charge >= 0.3 is 5.97 Å². The first-order valence-corrected chi connectivity index (χ1v) is 6.94. The molecule has 0 saturated heterocycles. The van der Waals surface area contributed by atoms with Gasteiger partial charge in [0.1, 0.15) is 11.6 Å². The Morgan fingerprint density at radius 3 is 2.95 bits per heavy atom. The molecule has 7 heteroatoms. The van der Waals surface area contributed by atoms with E-state index >= 15 is 0 Å². The first kappa shape index (κ1) is 14.4. The van der Waals surface area contributed by atoms with Gasteiger partial charge in [-0.15, -0.1) is 10.2 Å². The highest BCUT2D eigenvalue weighted by Crippen LogP contribution is 2.19. The number of hydrogen-bond acceptors (Lipinski definition) is 5. The minimum atomic E-state index is -0.868. The van der Waals surface area contributed by atoms with Gasteiger partial charge in [0.25, 0.3) is 0 Å². The largest absolute Gasteiger partial charge is 0.497 e. The molecule has 1 heterocycles. The van der Waals surface area contributed by atoms with Crippen molar-refractivity contribution in [1.82, 2.24) is 14.8 Å². The number of aliphatic carboxylic acids is 1. The van der Waals surface area contributed by atoms with E-state index in [1.165, 1.54) is 0 Å². The normalized spacial score (nSPS) is 10.5. The van der Waals surface area contributed by atoms with Crippen molar-refractivity contribution in [2.45, 2.75) is 11.6 Å². The third kappa shape index (κ3) is 3.51. The van der Waals surface area contributed by atoms with E-state index in [0.29, 0.717) is 11.6 Å². The van der Waals surface area contributed by atoms with Gasteiger partial charge in [-0.1, -0.05) is 23.9 Å². The molecule has 1 N–H and O–H groups in total. The summed E-state index contributed by atoms with van der Waals surface area (Å²) in [4.78, 5) is 10.6. The molecule has 0 bridgehead atoms. The van der Waals surface area contributed by atoms with Crippen LogP contribution < -0.4 is 4.74 Å². The number of methoxy groups -OCH3 is 1. The molecule has 0 aliphatic rings. The highest BCUT2D eigenvalue weighted by Gasteiger charge is 2.11. The van der Waals surface area contributed by atoms with Crippen molar-refractivity contribution in [1.29, 1.82) is 0 Å². The molecule has 2 rings (SSSR count). The van der Waals surface area contributed by atoms with Gasteiger partial charge in [0, 0.05) is 13.5 Å². The van der Waals surface area contributed by atoms with Crippen LogP contribution in [0.25, 0.3) is 0 Å². The molecule has 6 nitrogen and oxygen atoms in total. The van der Waals surface area contributed by atoms with Crippen molar-refractivity contribution in [3.63, 3.8) is 0 Å². The highest BCUT2D eigenvalue weighted by molar-refractivity contribution is 7.99. The van der Waals surface area contributed by atoms with E-state index in [2.05, 4.69) is 10.2 Å².